The predicted molar refractivity (Wildman–Crippen MR) is 83.1 cm³/mol. The van der Waals surface area contributed by atoms with E-state index < -0.39 is 5.91 Å². The SMILES string of the molecule is CC(C)c1noc(CCC(=O)NNC(=O)Cc2ccc(F)cc2)n1. The number of carbonyl (C=O) groups is 2. The number of benzene rings is 1. The fourth-order valence-electron chi connectivity index (χ4n) is 1.86. The van der Waals surface area contributed by atoms with Crippen molar-refractivity contribution in [2.45, 2.75) is 39.0 Å². The molecule has 8 heteroatoms. The lowest BCUT2D eigenvalue weighted by molar-refractivity contribution is -0.128. The highest BCUT2D eigenvalue weighted by Crippen LogP contribution is 2.10. The van der Waals surface area contributed by atoms with Crippen molar-refractivity contribution in [2.24, 2.45) is 0 Å². The molecule has 0 spiro atoms. The van der Waals surface area contributed by atoms with Crippen LogP contribution in [-0.2, 0) is 22.4 Å². The van der Waals surface area contributed by atoms with Gasteiger partial charge in [-0.05, 0) is 17.7 Å². The van der Waals surface area contributed by atoms with Gasteiger partial charge in [-0.1, -0.05) is 31.1 Å². The zero-order valence-electron chi connectivity index (χ0n) is 13.5. The molecule has 128 valence electrons. The monoisotopic (exact) mass is 334 g/mol. The highest BCUT2D eigenvalue weighted by molar-refractivity contribution is 5.83. The first-order chi connectivity index (χ1) is 11.4. The number of halogens is 1. The molecule has 7 nitrogen and oxygen atoms in total. The van der Waals surface area contributed by atoms with Gasteiger partial charge in [0.1, 0.15) is 5.82 Å². The van der Waals surface area contributed by atoms with E-state index in [2.05, 4.69) is 21.0 Å². The first kappa shape index (κ1) is 17.6. The quantitative estimate of drug-likeness (QED) is 0.783. The highest BCUT2D eigenvalue weighted by atomic mass is 19.1. The van der Waals surface area contributed by atoms with Gasteiger partial charge in [0, 0.05) is 18.8 Å². The molecule has 0 fully saturated rings. The molecule has 0 atom stereocenters. The van der Waals surface area contributed by atoms with E-state index in [1.807, 2.05) is 13.8 Å². The summed E-state index contributed by atoms with van der Waals surface area (Å²) in [5, 5.41) is 3.81. The Kier molecular flexibility index (Phi) is 6.00. The molecule has 0 saturated carbocycles. The minimum atomic E-state index is -0.394. The van der Waals surface area contributed by atoms with Gasteiger partial charge in [0.15, 0.2) is 5.82 Å². The van der Waals surface area contributed by atoms with E-state index in [1.54, 1.807) is 0 Å². The Morgan fingerprint density at radius 2 is 1.83 bits per heavy atom. The number of nitrogens with one attached hydrogen (secondary N) is 2. The van der Waals surface area contributed by atoms with Gasteiger partial charge in [-0.2, -0.15) is 4.98 Å². The van der Waals surface area contributed by atoms with E-state index in [9.17, 15) is 14.0 Å². The average molecular weight is 334 g/mol. The van der Waals surface area contributed by atoms with Crippen LogP contribution in [0.4, 0.5) is 4.39 Å². The van der Waals surface area contributed by atoms with Crippen LogP contribution in [0.5, 0.6) is 0 Å². The first-order valence-electron chi connectivity index (χ1n) is 7.58. The molecule has 0 unspecified atom stereocenters. The van der Waals surface area contributed by atoms with Crippen LogP contribution >= 0.6 is 0 Å². The lowest BCUT2D eigenvalue weighted by atomic mass is 10.1. The molecule has 2 aromatic rings. The van der Waals surface area contributed by atoms with Crippen LogP contribution in [0.25, 0.3) is 0 Å². The van der Waals surface area contributed by atoms with Crippen molar-refractivity contribution in [1.82, 2.24) is 21.0 Å². The van der Waals surface area contributed by atoms with Gasteiger partial charge in [-0.25, -0.2) is 4.39 Å². The van der Waals surface area contributed by atoms with Crippen LogP contribution < -0.4 is 10.9 Å². The Hall–Kier alpha value is -2.77. The summed E-state index contributed by atoms with van der Waals surface area (Å²) in [6.07, 6.45) is 0.442. The summed E-state index contributed by atoms with van der Waals surface area (Å²) in [6.45, 7) is 3.88. The molecular formula is C16H19FN4O3. The largest absolute Gasteiger partial charge is 0.339 e. The molecule has 0 aliphatic heterocycles. The smallest absolute Gasteiger partial charge is 0.242 e. The normalized spacial score (nSPS) is 10.7. The van der Waals surface area contributed by atoms with Crippen molar-refractivity contribution in [3.05, 3.63) is 47.4 Å². The number of hydrogen-bond acceptors (Lipinski definition) is 5. The maximum Gasteiger partial charge on any atom is 0.242 e. The van der Waals surface area contributed by atoms with Gasteiger partial charge in [-0.15, -0.1) is 0 Å². The number of aryl methyl sites for hydroxylation is 1. The van der Waals surface area contributed by atoms with Crippen molar-refractivity contribution in [3.8, 4) is 0 Å². The minimum Gasteiger partial charge on any atom is -0.339 e. The van der Waals surface area contributed by atoms with Gasteiger partial charge < -0.3 is 4.52 Å². The minimum absolute atomic E-state index is 0.0436. The summed E-state index contributed by atoms with van der Waals surface area (Å²) in [4.78, 5) is 27.6. The molecule has 1 aromatic carbocycles. The molecule has 1 heterocycles. The molecule has 24 heavy (non-hydrogen) atoms. The Bertz CT molecular complexity index is 698. The number of hydrogen-bond donors (Lipinski definition) is 2. The maximum atomic E-state index is 12.8. The van der Waals surface area contributed by atoms with Crippen LogP contribution in [0.2, 0.25) is 0 Å². The number of aromatic nitrogens is 2. The summed E-state index contributed by atoms with van der Waals surface area (Å²) < 4.78 is 17.8. The van der Waals surface area contributed by atoms with Crippen molar-refractivity contribution >= 4 is 11.8 Å². The van der Waals surface area contributed by atoms with E-state index in [-0.39, 0.29) is 30.5 Å². The summed E-state index contributed by atoms with van der Waals surface area (Å²) in [5.41, 5.74) is 5.27. The van der Waals surface area contributed by atoms with Crippen LogP contribution in [0, 0.1) is 5.82 Å². The van der Waals surface area contributed by atoms with Crippen LogP contribution in [0.1, 0.15) is 43.5 Å². The van der Waals surface area contributed by atoms with Gasteiger partial charge >= 0.3 is 0 Å². The molecule has 0 aliphatic rings. The summed E-state index contributed by atoms with van der Waals surface area (Å²) >= 11 is 0. The second-order valence-electron chi connectivity index (χ2n) is 5.60. The number of rotatable bonds is 6. The van der Waals surface area contributed by atoms with Crippen LogP contribution in [-0.4, -0.2) is 22.0 Å². The molecular weight excluding hydrogens is 315 g/mol. The standard InChI is InChI=1S/C16H19FN4O3/c1-10(2)16-18-15(24-21-16)8-7-13(22)19-20-14(23)9-11-3-5-12(17)6-4-11/h3-6,10H,7-9H2,1-2H3,(H,19,22)(H,20,23). The van der Waals surface area contributed by atoms with Crippen LogP contribution in [0.15, 0.2) is 28.8 Å². The number of hydrazine groups is 1. The summed E-state index contributed by atoms with van der Waals surface area (Å²) in [5.74, 6) is 0.00211. The molecule has 2 rings (SSSR count). The molecule has 2 N–H and O–H groups in total. The number of carbonyl (C=O) groups excluding carboxylic acids is 2. The van der Waals surface area contributed by atoms with Gasteiger partial charge in [0.05, 0.1) is 6.42 Å². The highest BCUT2D eigenvalue weighted by Gasteiger charge is 2.12. The fourth-order valence-corrected chi connectivity index (χ4v) is 1.86. The molecule has 0 bridgehead atoms. The Morgan fingerprint density at radius 1 is 1.17 bits per heavy atom. The van der Waals surface area contributed by atoms with E-state index >= 15 is 0 Å². The molecule has 0 saturated heterocycles. The Morgan fingerprint density at radius 3 is 2.46 bits per heavy atom. The van der Waals surface area contributed by atoms with Crippen molar-refractivity contribution < 1.29 is 18.5 Å². The third-order valence-electron chi connectivity index (χ3n) is 3.19. The lowest BCUT2D eigenvalue weighted by Gasteiger charge is -2.06. The summed E-state index contributed by atoms with van der Waals surface area (Å²) in [6, 6.07) is 5.57. The van der Waals surface area contributed by atoms with E-state index in [4.69, 9.17) is 4.52 Å². The van der Waals surface area contributed by atoms with Crippen molar-refractivity contribution in [1.29, 1.82) is 0 Å². The Labute approximate surface area is 138 Å². The van der Waals surface area contributed by atoms with Crippen LogP contribution in [0.3, 0.4) is 0 Å². The lowest BCUT2D eigenvalue weighted by Crippen LogP contribution is -2.42. The first-order valence-corrected chi connectivity index (χ1v) is 7.58. The second kappa shape index (κ2) is 8.19. The number of amides is 2. The summed E-state index contributed by atoms with van der Waals surface area (Å²) in [7, 11) is 0. The zero-order chi connectivity index (χ0) is 17.5. The molecule has 1 aromatic heterocycles. The predicted octanol–water partition coefficient (Wildman–Crippen LogP) is 1.65. The molecule has 0 aliphatic carbocycles. The topological polar surface area (TPSA) is 97.1 Å². The fraction of sp³-hybridized carbons (Fsp3) is 0.375. The maximum absolute atomic E-state index is 12.8. The second-order valence-corrected chi connectivity index (χ2v) is 5.60. The van der Waals surface area contributed by atoms with E-state index in [1.165, 1.54) is 24.3 Å². The third-order valence-corrected chi connectivity index (χ3v) is 3.19. The van der Waals surface area contributed by atoms with Crippen molar-refractivity contribution in [3.63, 3.8) is 0 Å². The Balaban J connectivity index is 1.70. The zero-order valence-corrected chi connectivity index (χ0v) is 13.5. The van der Waals surface area contributed by atoms with Gasteiger partial charge in [0.2, 0.25) is 17.7 Å². The van der Waals surface area contributed by atoms with E-state index in [0.29, 0.717) is 23.7 Å². The third kappa shape index (κ3) is 5.45. The molecule has 2 amide bonds. The van der Waals surface area contributed by atoms with Crippen molar-refractivity contribution in [2.75, 3.05) is 0 Å². The molecule has 0 radical (unpaired) electrons. The van der Waals surface area contributed by atoms with E-state index in [0.717, 1.165) is 0 Å². The van der Waals surface area contributed by atoms with Gasteiger partial charge in [-0.3, -0.25) is 20.4 Å². The van der Waals surface area contributed by atoms with Gasteiger partial charge in [0.25, 0.3) is 0 Å². The number of nitrogens with zero attached hydrogens (tertiary/aromatic N) is 2. The average Bonchev–Trinajstić information content (AvgIpc) is 3.02.